The molecule has 0 spiro atoms. The second-order valence-corrected chi connectivity index (χ2v) is 3.57. The largest absolute Gasteiger partial charge is 0.287 e. The molecule has 68 valence electrons. The topological polar surface area (TPSA) is 50.7 Å². The van der Waals surface area contributed by atoms with E-state index in [1.807, 2.05) is 19.4 Å². The van der Waals surface area contributed by atoms with Crippen molar-refractivity contribution in [3.8, 4) is 0 Å². The van der Waals surface area contributed by atoms with Crippen molar-refractivity contribution in [3.05, 3.63) is 22.6 Å². The molecule has 0 aliphatic heterocycles. The van der Waals surface area contributed by atoms with Gasteiger partial charge >= 0.3 is 0 Å². The standard InChI is InChI=1S/C8H9N3OS/c1-11-6-3-7(13-2)9-4-5(6)8(12)10-11/h3-4H,1-2H3,(H,10,12). The van der Waals surface area contributed by atoms with Crippen molar-refractivity contribution in [2.45, 2.75) is 5.03 Å². The Bertz CT molecular complexity index is 500. The molecule has 0 saturated carbocycles. The van der Waals surface area contributed by atoms with Gasteiger partial charge in [-0.05, 0) is 12.3 Å². The molecular weight excluding hydrogens is 186 g/mol. The van der Waals surface area contributed by atoms with Gasteiger partial charge < -0.3 is 0 Å². The van der Waals surface area contributed by atoms with E-state index in [-0.39, 0.29) is 5.56 Å². The summed E-state index contributed by atoms with van der Waals surface area (Å²) in [6, 6.07) is 1.90. The maximum Gasteiger partial charge on any atom is 0.273 e. The van der Waals surface area contributed by atoms with Crippen LogP contribution in [-0.4, -0.2) is 21.0 Å². The molecule has 2 aromatic rings. The molecule has 2 aromatic heterocycles. The van der Waals surface area contributed by atoms with Crippen molar-refractivity contribution in [3.63, 3.8) is 0 Å². The third kappa shape index (κ3) is 1.25. The Morgan fingerprint density at radius 2 is 2.38 bits per heavy atom. The van der Waals surface area contributed by atoms with Crippen LogP contribution in [0.5, 0.6) is 0 Å². The Morgan fingerprint density at radius 3 is 3.08 bits per heavy atom. The number of H-pyrrole nitrogens is 1. The van der Waals surface area contributed by atoms with E-state index in [4.69, 9.17) is 0 Å². The first-order valence-electron chi connectivity index (χ1n) is 3.81. The van der Waals surface area contributed by atoms with Crippen LogP contribution >= 0.6 is 11.8 Å². The summed E-state index contributed by atoms with van der Waals surface area (Å²) in [5, 5.41) is 4.24. The molecule has 0 atom stereocenters. The second-order valence-electron chi connectivity index (χ2n) is 2.74. The van der Waals surface area contributed by atoms with E-state index in [2.05, 4.69) is 10.1 Å². The van der Waals surface area contributed by atoms with Crippen molar-refractivity contribution in [1.29, 1.82) is 0 Å². The van der Waals surface area contributed by atoms with Gasteiger partial charge in [0.1, 0.15) is 0 Å². The van der Waals surface area contributed by atoms with Gasteiger partial charge in [0, 0.05) is 13.2 Å². The molecule has 1 N–H and O–H groups in total. The normalized spacial score (nSPS) is 10.9. The highest BCUT2D eigenvalue weighted by Gasteiger charge is 2.04. The number of aromatic amines is 1. The number of hydrogen-bond donors (Lipinski definition) is 1. The number of fused-ring (bicyclic) bond motifs is 1. The van der Waals surface area contributed by atoms with E-state index in [1.54, 1.807) is 22.6 Å². The highest BCUT2D eigenvalue weighted by molar-refractivity contribution is 7.98. The fraction of sp³-hybridized carbons (Fsp3) is 0.250. The lowest BCUT2D eigenvalue weighted by atomic mass is 10.3. The molecular formula is C8H9N3OS. The minimum Gasteiger partial charge on any atom is -0.287 e. The summed E-state index contributed by atoms with van der Waals surface area (Å²) in [4.78, 5) is 15.4. The zero-order chi connectivity index (χ0) is 9.42. The average molecular weight is 195 g/mol. The number of nitrogens with zero attached hydrogens (tertiary/aromatic N) is 2. The van der Waals surface area contributed by atoms with Gasteiger partial charge in [-0.2, -0.15) is 0 Å². The van der Waals surface area contributed by atoms with Crippen LogP contribution in [-0.2, 0) is 7.05 Å². The first kappa shape index (κ1) is 8.37. The molecule has 0 amide bonds. The minimum absolute atomic E-state index is 0.0855. The highest BCUT2D eigenvalue weighted by atomic mass is 32.2. The predicted molar refractivity (Wildman–Crippen MR) is 53.1 cm³/mol. The van der Waals surface area contributed by atoms with Crippen molar-refractivity contribution in [2.75, 3.05) is 6.26 Å². The maximum absolute atomic E-state index is 11.3. The SMILES string of the molecule is CSc1cc2c(cn1)c(=O)[nH]n2C. The van der Waals surface area contributed by atoms with E-state index in [1.165, 1.54) is 0 Å². The van der Waals surface area contributed by atoms with Gasteiger partial charge in [-0.15, -0.1) is 11.8 Å². The van der Waals surface area contributed by atoms with Gasteiger partial charge in [0.15, 0.2) is 0 Å². The molecule has 0 unspecified atom stereocenters. The number of rotatable bonds is 1. The Hall–Kier alpha value is -1.23. The summed E-state index contributed by atoms with van der Waals surface area (Å²) >= 11 is 1.56. The fourth-order valence-electron chi connectivity index (χ4n) is 1.26. The molecule has 0 aromatic carbocycles. The minimum atomic E-state index is -0.0855. The molecule has 0 bridgehead atoms. The molecule has 0 saturated heterocycles. The Labute approximate surface area is 79.0 Å². The van der Waals surface area contributed by atoms with E-state index < -0.39 is 0 Å². The summed E-state index contributed by atoms with van der Waals surface area (Å²) in [7, 11) is 1.81. The van der Waals surface area contributed by atoms with Crippen LogP contribution < -0.4 is 5.56 Å². The van der Waals surface area contributed by atoms with E-state index in [9.17, 15) is 4.79 Å². The fourth-order valence-corrected chi connectivity index (χ4v) is 1.65. The zero-order valence-electron chi connectivity index (χ0n) is 7.37. The van der Waals surface area contributed by atoms with Gasteiger partial charge in [0.25, 0.3) is 5.56 Å². The van der Waals surface area contributed by atoms with Gasteiger partial charge in [-0.3, -0.25) is 14.6 Å². The quantitative estimate of drug-likeness (QED) is 0.690. The third-order valence-electron chi connectivity index (χ3n) is 1.94. The van der Waals surface area contributed by atoms with Crippen LogP contribution in [0.15, 0.2) is 22.1 Å². The molecule has 0 aliphatic rings. The monoisotopic (exact) mass is 195 g/mol. The second kappa shape index (κ2) is 2.92. The molecule has 0 aliphatic carbocycles. The third-order valence-corrected chi connectivity index (χ3v) is 2.58. The number of nitrogens with one attached hydrogen (secondary N) is 1. The number of aryl methyl sites for hydroxylation is 1. The van der Waals surface area contributed by atoms with Crippen LogP contribution in [0.25, 0.3) is 10.9 Å². The van der Waals surface area contributed by atoms with Crippen LogP contribution in [0.3, 0.4) is 0 Å². The van der Waals surface area contributed by atoms with Crippen molar-refractivity contribution < 1.29 is 0 Å². The summed E-state index contributed by atoms with van der Waals surface area (Å²) < 4.78 is 1.71. The van der Waals surface area contributed by atoms with Crippen LogP contribution in [0.1, 0.15) is 0 Å². The molecule has 13 heavy (non-hydrogen) atoms. The Kier molecular flexibility index (Phi) is 1.88. The smallest absolute Gasteiger partial charge is 0.273 e. The van der Waals surface area contributed by atoms with Crippen LogP contribution in [0.4, 0.5) is 0 Å². The van der Waals surface area contributed by atoms with Crippen molar-refractivity contribution >= 4 is 22.7 Å². The van der Waals surface area contributed by atoms with E-state index in [0.29, 0.717) is 5.39 Å². The number of thioether (sulfide) groups is 1. The summed E-state index contributed by atoms with van der Waals surface area (Å²) in [6.45, 7) is 0. The number of hydrogen-bond acceptors (Lipinski definition) is 3. The van der Waals surface area contributed by atoms with Crippen LogP contribution in [0.2, 0.25) is 0 Å². The highest BCUT2D eigenvalue weighted by Crippen LogP contribution is 2.15. The average Bonchev–Trinajstić information content (AvgIpc) is 2.42. The first-order valence-corrected chi connectivity index (χ1v) is 5.03. The molecule has 5 heteroatoms. The molecule has 0 fully saturated rings. The summed E-state index contributed by atoms with van der Waals surface area (Å²) in [5.41, 5.74) is 0.807. The lowest BCUT2D eigenvalue weighted by molar-refractivity contribution is 0.782. The number of aromatic nitrogens is 3. The lowest BCUT2D eigenvalue weighted by Crippen LogP contribution is -2.01. The molecule has 2 rings (SSSR count). The summed E-state index contributed by atoms with van der Waals surface area (Å²) in [6.07, 6.45) is 3.57. The van der Waals surface area contributed by atoms with Gasteiger partial charge in [0.2, 0.25) is 0 Å². The van der Waals surface area contributed by atoms with Gasteiger partial charge in [-0.25, -0.2) is 4.98 Å². The van der Waals surface area contributed by atoms with E-state index in [0.717, 1.165) is 10.5 Å². The van der Waals surface area contributed by atoms with Crippen molar-refractivity contribution in [1.82, 2.24) is 14.8 Å². The molecule has 4 nitrogen and oxygen atoms in total. The van der Waals surface area contributed by atoms with Crippen LogP contribution in [0, 0.1) is 0 Å². The Morgan fingerprint density at radius 1 is 1.62 bits per heavy atom. The lowest BCUT2D eigenvalue weighted by Gasteiger charge is -1.96. The molecule has 2 heterocycles. The van der Waals surface area contributed by atoms with Gasteiger partial charge in [-0.1, -0.05) is 0 Å². The first-order chi connectivity index (χ1) is 6.22. The van der Waals surface area contributed by atoms with Crippen molar-refractivity contribution in [2.24, 2.45) is 7.05 Å². The number of pyridine rings is 1. The molecule has 0 radical (unpaired) electrons. The van der Waals surface area contributed by atoms with Gasteiger partial charge in [0.05, 0.1) is 15.9 Å². The predicted octanol–water partition coefficient (Wildman–Crippen LogP) is 0.984. The Balaban J connectivity index is 2.84. The maximum atomic E-state index is 11.3. The zero-order valence-corrected chi connectivity index (χ0v) is 8.18. The summed E-state index contributed by atoms with van der Waals surface area (Å²) in [5.74, 6) is 0. The van der Waals surface area contributed by atoms with E-state index >= 15 is 0 Å².